The summed E-state index contributed by atoms with van der Waals surface area (Å²) in [5, 5.41) is 11.0. The first-order valence-corrected chi connectivity index (χ1v) is 5.43. The summed E-state index contributed by atoms with van der Waals surface area (Å²) >= 11 is 0. The highest BCUT2D eigenvalue weighted by Crippen LogP contribution is 2.31. The molecule has 2 heterocycles. The van der Waals surface area contributed by atoms with Gasteiger partial charge in [0, 0.05) is 6.61 Å². The van der Waals surface area contributed by atoms with E-state index in [2.05, 4.69) is 22.4 Å². The van der Waals surface area contributed by atoms with Gasteiger partial charge in [-0.25, -0.2) is 0 Å². The fourth-order valence-corrected chi connectivity index (χ4v) is 1.97. The second-order valence-electron chi connectivity index (χ2n) is 3.78. The molecule has 5 nitrogen and oxygen atoms in total. The molecular weight excluding hydrogens is 194 g/mol. The molecule has 84 valence electrons. The average Bonchev–Trinajstić information content (AvgIpc) is 2.84. The van der Waals surface area contributed by atoms with Crippen LogP contribution in [0.3, 0.4) is 0 Å². The van der Waals surface area contributed by atoms with Gasteiger partial charge in [0.2, 0.25) is 11.8 Å². The van der Waals surface area contributed by atoms with Gasteiger partial charge in [0.15, 0.2) is 0 Å². The average molecular weight is 211 g/mol. The van der Waals surface area contributed by atoms with Crippen molar-refractivity contribution >= 4 is 0 Å². The van der Waals surface area contributed by atoms with E-state index < -0.39 is 0 Å². The molecule has 0 spiro atoms. The van der Waals surface area contributed by atoms with Crippen LogP contribution in [0.2, 0.25) is 0 Å². The Labute approximate surface area is 89.2 Å². The number of nitrogens with one attached hydrogen (secondary N) is 1. The molecule has 2 atom stereocenters. The van der Waals surface area contributed by atoms with Crippen molar-refractivity contribution < 1.29 is 9.15 Å². The molecule has 1 aromatic heterocycles. The second kappa shape index (κ2) is 4.72. The molecule has 0 radical (unpaired) electrons. The molecule has 0 saturated carbocycles. The zero-order valence-electron chi connectivity index (χ0n) is 9.19. The van der Waals surface area contributed by atoms with Gasteiger partial charge < -0.3 is 14.5 Å². The Morgan fingerprint density at radius 3 is 3.07 bits per heavy atom. The molecule has 2 unspecified atom stereocenters. The largest absolute Gasteiger partial charge is 0.423 e. The lowest BCUT2D eigenvalue weighted by Gasteiger charge is -2.11. The highest BCUT2D eigenvalue weighted by atomic mass is 16.5. The summed E-state index contributed by atoms with van der Waals surface area (Å²) in [7, 11) is 1.86. The van der Waals surface area contributed by atoms with E-state index in [0.29, 0.717) is 12.4 Å². The van der Waals surface area contributed by atoms with Gasteiger partial charge in [0.05, 0.1) is 18.6 Å². The molecule has 1 fully saturated rings. The third-order valence-corrected chi connectivity index (χ3v) is 2.74. The van der Waals surface area contributed by atoms with Gasteiger partial charge >= 0.3 is 0 Å². The molecule has 2 rings (SSSR count). The van der Waals surface area contributed by atoms with E-state index in [1.807, 2.05) is 7.05 Å². The summed E-state index contributed by atoms with van der Waals surface area (Å²) in [5.74, 6) is 1.66. The van der Waals surface area contributed by atoms with Crippen molar-refractivity contribution in [2.75, 3.05) is 13.7 Å². The van der Waals surface area contributed by atoms with E-state index in [4.69, 9.17) is 9.15 Å². The van der Waals surface area contributed by atoms with Gasteiger partial charge in [-0.3, -0.25) is 0 Å². The van der Waals surface area contributed by atoms with Crippen LogP contribution in [0.15, 0.2) is 4.42 Å². The first kappa shape index (κ1) is 10.6. The molecule has 0 bridgehead atoms. The number of rotatable bonds is 4. The van der Waals surface area contributed by atoms with Crippen molar-refractivity contribution in [2.45, 2.75) is 38.3 Å². The molecule has 0 amide bonds. The van der Waals surface area contributed by atoms with Gasteiger partial charge in [0.1, 0.15) is 0 Å². The Kier molecular flexibility index (Phi) is 3.33. The molecule has 1 N–H and O–H groups in total. The Balaban J connectivity index is 2.07. The highest BCUT2D eigenvalue weighted by Gasteiger charge is 2.32. The number of nitrogens with zero attached hydrogens (tertiary/aromatic N) is 2. The van der Waals surface area contributed by atoms with Crippen LogP contribution in [0.4, 0.5) is 0 Å². The topological polar surface area (TPSA) is 60.2 Å². The molecule has 15 heavy (non-hydrogen) atoms. The number of aromatic nitrogens is 2. The molecule has 1 aromatic rings. The maximum absolute atomic E-state index is 5.59. The summed E-state index contributed by atoms with van der Waals surface area (Å²) in [4.78, 5) is 0. The van der Waals surface area contributed by atoms with Crippen LogP contribution in [0.1, 0.15) is 37.5 Å². The van der Waals surface area contributed by atoms with E-state index >= 15 is 0 Å². The fourth-order valence-electron chi connectivity index (χ4n) is 1.97. The predicted molar refractivity (Wildman–Crippen MR) is 54.5 cm³/mol. The SMILES string of the molecule is CCC1OCCC1c1nnc(CNC)o1. The summed E-state index contributed by atoms with van der Waals surface area (Å²) < 4.78 is 11.2. The minimum absolute atomic E-state index is 0.243. The summed E-state index contributed by atoms with van der Waals surface area (Å²) in [6.45, 7) is 3.54. The standard InChI is InChI=1S/C10H17N3O2/c1-3-8-7(4-5-14-8)10-13-12-9(15-10)6-11-2/h7-8,11H,3-6H2,1-2H3. The van der Waals surface area contributed by atoms with Gasteiger partial charge in [-0.15, -0.1) is 10.2 Å². The number of hydrogen-bond acceptors (Lipinski definition) is 5. The van der Waals surface area contributed by atoms with Crippen LogP contribution in [-0.4, -0.2) is 30.0 Å². The highest BCUT2D eigenvalue weighted by molar-refractivity contribution is 4.98. The summed E-state index contributed by atoms with van der Waals surface area (Å²) in [6, 6.07) is 0. The Hall–Kier alpha value is -0.940. The summed E-state index contributed by atoms with van der Waals surface area (Å²) in [5.41, 5.74) is 0. The van der Waals surface area contributed by atoms with Gasteiger partial charge in [0.25, 0.3) is 0 Å². The molecule has 0 aliphatic carbocycles. The zero-order chi connectivity index (χ0) is 10.7. The zero-order valence-corrected chi connectivity index (χ0v) is 9.19. The van der Waals surface area contributed by atoms with Crippen LogP contribution >= 0.6 is 0 Å². The minimum atomic E-state index is 0.243. The van der Waals surface area contributed by atoms with Crippen molar-refractivity contribution in [3.63, 3.8) is 0 Å². The quantitative estimate of drug-likeness (QED) is 0.807. The smallest absolute Gasteiger partial charge is 0.230 e. The van der Waals surface area contributed by atoms with E-state index in [9.17, 15) is 0 Å². The van der Waals surface area contributed by atoms with Gasteiger partial charge in [-0.1, -0.05) is 6.92 Å². The van der Waals surface area contributed by atoms with Crippen LogP contribution in [0.25, 0.3) is 0 Å². The molecule has 0 aromatic carbocycles. The van der Waals surface area contributed by atoms with E-state index in [1.54, 1.807) is 0 Å². The van der Waals surface area contributed by atoms with Gasteiger partial charge in [-0.2, -0.15) is 0 Å². The molecule has 1 aliphatic rings. The number of hydrogen-bond donors (Lipinski definition) is 1. The first-order chi connectivity index (χ1) is 7.35. The minimum Gasteiger partial charge on any atom is -0.423 e. The third kappa shape index (κ3) is 2.18. The number of ether oxygens (including phenoxy) is 1. The Bertz CT molecular complexity index is 313. The van der Waals surface area contributed by atoms with Crippen LogP contribution in [0.5, 0.6) is 0 Å². The van der Waals surface area contributed by atoms with Crippen LogP contribution in [0, 0.1) is 0 Å². The lowest BCUT2D eigenvalue weighted by atomic mass is 10.00. The summed E-state index contributed by atoms with van der Waals surface area (Å²) in [6.07, 6.45) is 2.22. The lowest BCUT2D eigenvalue weighted by molar-refractivity contribution is 0.0962. The van der Waals surface area contributed by atoms with Crippen molar-refractivity contribution in [3.8, 4) is 0 Å². The van der Waals surface area contributed by atoms with Crippen LogP contribution < -0.4 is 5.32 Å². The van der Waals surface area contributed by atoms with E-state index in [0.717, 1.165) is 25.3 Å². The molecule has 5 heteroatoms. The lowest BCUT2D eigenvalue weighted by Crippen LogP contribution is -2.13. The van der Waals surface area contributed by atoms with Crippen molar-refractivity contribution in [1.29, 1.82) is 0 Å². The van der Waals surface area contributed by atoms with Crippen LogP contribution in [-0.2, 0) is 11.3 Å². The Morgan fingerprint density at radius 1 is 1.47 bits per heavy atom. The Morgan fingerprint density at radius 2 is 2.33 bits per heavy atom. The molecular formula is C10H17N3O2. The molecule has 1 saturated heterocycles. The van der Waals surface area contributed by atoms with Crippen molar-refractivity contribution in [3.05, 3.63) is 11.8 Å². The van der Waals surface area contributed by atoms with E-state index in [-0.39, 0.29) is 12.0 Å². The van der Waals surface area contributed by atoms with Gasteiger partial charge in [-0.05, 0) is 19.9 Å². The van der Waals surface area contributed by atoms with Crippen molar-refractivity contribution in [1.82, 2.24) is 15.5 Å². The normalized spacial score (nSPS) is 26.0. The second-order valence-corrected chi connectivity index (χ2v) is 3.78. The first-order valence-electron chi connectivity index (χ1n) is 5.43. The third-order valence-electron chi connectivity index (χ3n) is 2.74. The van der Waals surface area contributed by atoms with Crippen molar-refractivity contribution in [2.24, 2.45) is 0 Å². The predicted octanol–water partition coefficient (Wildman–Crippen LogP) is 1.07. The fraction of sp³-hybridized carbons (Fsp3) is 0.800. The monoisotopic (exact) mass is 211 g/mol. The molecule has 1 aliphatic heterocycles. The maximum Gasteiger partial charge on any atom is 0.230 e. The van der Waals surface area contributed by atoms with E-state index in [1.165, 1.54) is 0 Å². The maximum atomic E-state index is 5.59.